The topological polar surface area (TPSA) is 53.4 Å². The van der Waals surface area contributed by atoms with Gasteiger partial charge in [0.25, 0.3) is 0 Å². The molecule has 0 spiro atoms. The van der Waals surface area contributed by atoms with Gasteiger partial charge in [0, 0.05) is 49.3 Å². The zero-order valence-corrected chi connectivity index (χ0v) is 18.5. The molecule has 5 rings (SSSR count). The number of benzene rings is 2. The average Bonchev–Trinajstić information content (AvgIpc) is 2.80. The Labute approximate surface area is 187 Å². The molecule has 1 aliphatic rings. The number of hydrogen-bond acceptors (Lipinski definition) is 5. The number of likely N-dealkylation sites (N-methyl/N-ethyl adjacent to an activating group) is 1. The molecular weight excluding hydrogens is 398 g/mol. The first-order chi connectivity index (χ1) is 15.6. The second-order valence-corrected chi connectivity index (χ2v) is 8.33. The van der Waals surface area contributed by atoms with Crippen LogP contribution in [0.15, 0.2) is 77.6 Å². The van der Waals surface area contributed by atoms with Crippen molar-refractivity contribution in [3.8, 4) is 5.69 Å². The first kappa shape index (κ1) is 20.3. The Morgan fingerprint density at radius 2 is 1.53 bits per heavy atom. The Hall–Kier alpha value is -3.64. The molecule has 0 unspecified atom stereocenters. The molecule has 2 aromatic carbocycles. The third-order valence-electron chi connectivity index (χ3n) is 5.98. The molecule has 6 nitrogen and oxygen atoms in total. The first-order valence-corrected chi connectivity index (χ1v) is 11.0. The lowest BCUT2D eigenvalue weighted by Crippen LogP contribution is -2.44. The molecule has 0 radical (unpaired) electrons. The number of nitrogens with one attached hydrogen (secondary N) is 1. The molecule has 6 heteroatoms. The highest BCUT2D eigenvalue weighted by molar-refractivity contribution is 5.92. The summed E-state index contributed by atoms with van der Waals surface area (Å²) in [5.41, 5.74) is 4.40. The summed E-state index contributed by atoms with van der Waals surface area (Å²) in [4.78, 5) is 23.0. The van der Waals surface area contributed by atoms with Gasteiger partial charge in [-0.3, -0.25) is 9.36 Å². The highest BCUT2D eigenvalue weighted by Crippen LogP contribution is 2.30. The summed E-state index contributed by atoms with van der Waals surface area (Å²) in [6.45, 7) is 5.73. The Balaban J connectivity index is 1.76. The van der Waals surface area contributed by atoms with E-state index in [9.17, 15) is 4.79 Å². The molecule has 1 aliphatic heterocycles. The molecule has 162 valence electrons. The van der Waals surface area contributed by atoms with E-state index in [-0.39, 0.29) is 5.43 Å². The van der Waals surface area contributed by atoms with E-state index < -0.39 is 0 Å². The number of aryl methyl sites for hydroxylation is 1. The fraction of sp³-hybridized carbons (Fsp3) is 0.231. The predicted octanol–water partition coefficient (Wildman–Crippen LogP) is 4.19. The molecule has 3 heterocycles. The number of aromatic nitrogens is 2. The molecule has 4 aromatic rings. The van der Waals surface area contributed by atoms with Crippen molar-refractivity contribution >= 4 is 28.2 Å². The Morgan fingerprint density at radius 3 is 2.22 bits per heavy atom. The summed E-state index contributed by atoms with van der Waals surface area (Å²) in [7, 11) is 2.14. The number of hydrogen-bond donors (Lipinski definition) is 1. The average molecular weight is 426 g/mol. The minimum atomic E-state index is -0.0213. The summed E-state index contributed by atoms with van der Waals surface area (Å²) < 4.78 is 2.05. The highest BCUT2D eigenvalue weighted by Gasteiger charge is 2.22. The fourth-order valence-electron chi connectivity index (χ4n) is 4.31. The minimum Gasteiger partial charge on any atom is -0.368 e. The van der Waals surface area contributed by atoms with Crippen LogP contribution in [-0.2, 0) is 0 Å². The lowest BCUT2D eigenvalue weighted by molar-refractivity contribution is 0.313. The molecule has 0 bridgehead atoms. The van der Waals surface area contributed by atoms with Crippen molar-refractivity contribution in [2.75, 3.05) is 43.4 Å². The summed E-state index contributed by atoms with van der Waals surface area (Å²) in [6.07, 6.45) is 0. The van der Waals surface area contributed by atoms with Gasteiger partial charge in [-0.15, -0.1) is 0 Å². The number of pyridine rings is 2. The lowest BCUT2D eigenvalue weighted by Gasteiger charge is -2.34. The normalized spacial score (nSPS) is 14.6. The van der Waals surface area contributed by atoms with Crippen molar-refractivity contribution in [1.29, 1.82) is 0 Å². The van der Waals surface area contributed by atoms with Gasteiger partial charge in [0.15, 0.2) is 11.1 Å². The van der Waals surface area contributed by atoms with Crippen LogP contribution in [0.25, 0.3) is 16.7 Å². The maximum absolute atomic E-state index is 13.5. The van der Waals surface area contributed by atoms with E-state index in [4.69, 9.17) is 4.98 Å². The van der Waals surface area contributed by atoms with Gasteiger partial charge in [-0.05, 0) is 44.3 Å². The zero-order valence-electron chi connectivity index (χ0n) is 18.5. The van der Waals surface area contributed by atoms with E-state index in [2.05, 4.69) is 32.8 Å². The SMILES string of the molecule is Cc1cc(N2CCN(C)CC2)c2c(=O)cc(Nc3ccccc3)n(-c3ccccc3)c2n1. The van der Waals surface area contributed by atoms with Crippen LogP contribution < -0.4 is 15.6 Å². The molecule has 0 aliphatic carbocycles. The van der Waals surface area contributed by atoms with Gasteiger partial charge < -0.3 is 15.1 Å². The largest absolute Gasteiger partial charge is 0.368 e. The quantitative estimate of drug-likeness (QED) is 0.531. The molecule has 1 fully saturated rings. The van der Waals surface area contributed by atoms with E-state index in [1.165, 1.54) is 0 Å². The van der Waals surface area contributed by atoms with Crippen LogP contribution in [0.2, 0.25) is 0 Å². The minimum absolute atomic E-state index is 0.0213. The standard InChI is InChI=1S/C26H27N5O/c1-19-17-22(30-15-13-29(2)14-16-30)25-23(32)18-24(28-20-9-5-3-6-10-20)31(26(25)27-19)21-11-7-4-8-12-21/h3-12,17-18,28H,13-16H2,1-2H3. The van der Waals surface area contributed by atoms with Gasteiger partial charge in [-0.2, -0.15) is 0 Å². The van der Waals surface area contributed by atoms with Crippen molar-refractivity contribution in [3.05, 3.63) is 88.7 Å². The van der Waals surface area contributed by atoms with Crippen LogP contribution in [-0.4, -0.2) is 47.7 Å². The van der Waals surface area contributed by atoms with Gasteiger partial charge >= 0.3 is 0 Å². The maximum atomic E-state index is 13.5. The Kier molecular flexibility index (Phi) is 5.37. The lowest BCUT2D eigenvalue weighted by atomic mass is 10.1. The second kappa shape index (κ2) is 8.48. The monoisotopic (exact) mass is 425 g/mol. The third kappa shape index (κ3) is 3.85. The molecule has 0 atom stereocenters. The van der Waals surface area contributed by atoms with Crippen molar-refractivity contribution in [2.24, 2.45) is 0 Å². The van der Waals surface area contributed by atoms with Gasteiger partial charge in [0.2, 0.25) is 0 Å². The first-order valence-electron chi connectivity index (χ1n) is 11.0. The molecule has 0 saturated carbocycles. The van der Waals surface area contributed by atoms with E-state index in [0.29, 0.717) is 16.9 Å². The van der Waals surface area contributed by atoms with Crippen LogP contribution in [0.1, 0.15) is 5.69 Å². The molecular formula is C26H27N5O. The van der Waals surface area contributed by atoms with E-state index >= 15 is 0 Å². The predicted molar refractivity (Wildman–Crippen MR) is 132 cm³/mol. The fourth-order valence-corrected chi connectivity index (χ4v) is 4.31. The third-order valence-corrected chi connectivity index (χ3v) is 5.98. The summed E-state index contributed by atoms with van der Waals surface area (Å²) in [6, 6.07) is 23.7. The van der Waals surface area contributed by atoms with Crippen LogP contribution in [0.3, 0.4) is 0 Å². The number of nitrogens with zero attached hydrogens (tertiary/aromatic N) is 4. The molecule has 2 aromatic heterocycles. The molecule has 0 amide bonds. The van der Waals surface area contributed by atoms with Gasteiger partial charge in [-0.1, -0.05) is 36.4 Å². The van der Waals surface area contributed by atoms with E-state index in [0.717, 1.165) is 48.9 Å². The zero-order chi connectivity index (χ0) is 22.1. The number of para-hydroxylation sites is 2. The van der Waals surface area contributed by atoms with Crippen molar-refractivity contribution in [2.45, 2.75) is 6.92 Å². The van der Waals surface area contributed by atoms with Gasteiger partial charge in [-0.25, -0.2) is 4.98 Å². The maximum Gasteiger partial charge on any atom is 0.195 e. The van der Waals surface area contributed by atoms with Crippen LogP contribution in [0, 0.1) is 6.92 Å². The van der Waals surface area contributed by atoms with Crippen molar-refractivity contribution < 1.29 is 0 Å². The van der Waals surface area contributed by atoms with Crippen molar-refractivity contribution in [1.82, 2.24) is 14.5 Å². The van der Waals surface area contributed by atoms with Gasteiger partial charge in [0.05, 0.1) is 11.1 Å². The molecule has 1 N–H and O–H groups in total. The number of piperazine rings is 1. The van der Waals surface area contributed by atoms with Crippen LogP contribution in [0.4, 0.5) is 17.2 Å². The highest BCUT2D eigenvalue weighted by atomic mass is 16.1. The number of rotatable bonds is 4. The van der Waals surface area contributed by atoms with Crippen LogP contribution >= 0.6 is 0 Å². The second-order valence-electron chi connectivity index (χ2n) is 8.33. The molecule has 32 heavy (non-hydrogen) atoms. The summed E-state index contributed by atoms with van der Waals surface area (Å²) in [5, 5.41) is 4.10. The van der Waals surface area contributed by atoms with E-state index in [1.807, 2.05) is 67.6 Å². The summed E-state index contributed by atoms with van der Waals surface area (Å²) >= 11 is 0. The van der Waals surface area contributed by atoms with Crippen molar-refractivity contribution in [3.63, 3.8) is 0 Å². The van der Waals surface area contributed by atoms with Crippen LogP contribution in [0.5, 0.6) is 0 Å². The van der Waals surface area contributed by atoms with E-state index in [1.54, 1.807) is 6.07 Å². The number of fused-ring (bicyclic) bond motifs is 1. The van der Waals surface area contributed by atoms with Gasteiger partial charge in [0.1, 0.15) is 5.82 Å². The Bertz CT molecular complexity index is 1290. The smallest absolute Gasteiger partial charge is 0.195 e. The number of anilines is 3. The Morgan fingerprint density at radius 1 is 0.875 bits per heavy atom. The summed E-state index contributed by atoms with van der Waals surface area (Å²) in [5.74, 6) is 0.697. The molecule has 1 saturated heterocycles.